The molecule has 0 bridgehead atoms. The molecule has 2 aromatic rings. The fourth-order valence-electron chi connectivity index (χ4n) is 2.95. The average Bonchev–Trinajstić information content (AvgIpc) is 2.77. The molecule has 3 rings (SSSR count). The van der Waals surface area contributed by atoms with Crippen LogP contribution in [0.15, 0.2) is 35.7 Å². The summed E-state index contributed by atoms with van der Waals surface area (Å²) in [6.07, 6.45) is 2.47. The molecule has 0 spiro atoms. The molecule has 94 valence electrons. The molecular weight excluding hydrogens is 238 g/mol. The molecule has 0 fully saturated rings. The van der Waals surface area contributed by atoms with E-state index in [1.807, 2.05) is 11.3 Å². The number of hydrogen-bond acceptors (Lipinski definition) is 2. The van der Waals surface area contributed by atoms with Crippen molar-refractivity contribution < 1.29 is 0 Å². The zero-order valence-corrected chi connectivity index (χ0v) is 11.8. The minimum Gasteiger partial charge on any atom is -0.312 e. The second-order valence-corrected chi connectivity index (χ2v) is 6.09. The second-order valence-electron chi connectivity index (χ2n) is 5.14. The van der Waals surface area contributed by atoms with Gasteiger partial charge in [-0.3, -0.25) is 0 Å². The Balaban J connectivity index is 1.76. The van der Waals surface area contributed by atoms with Crippen LogP contribution in [0.4, 0.5) is 0 Å². The van der Waals surface area contributed by atoms with Gasteiger partial charge in [0.1, 0.15) is 0 Å². The molecule has 0 saturated carbocycles. The van der Waals surface area contributed by atoms with Gasteiger partial charge in [0.2, 0.25) is 0 Å². The van der Waals surface area contributed by atoms with E-state index in [0.29, 0.717) is 6.04 Å². The van der Waals surface area contributed by atoms with E-state index in [1.165, 1.54) is 23.3 Å². The third kappa shape index (κ3) is 2.00. The molecule has 0 aliphatic heterocycles. The number of fused-ring (bicyclic) bond motifs is 1. The summed E-state index contributed by atoms with van der Waals surface area (Å²) in [6, 6.07) is 11.6. The van der Waals surface area contributed by atoms with Crippen molar-refractivity contribution in [2.45, 2.75) is 31.7 Å². The van der Waals surface area contributed by atoms with Gasteiger partial charge in [0.15, 0.2) is 0 Å². The van der Waals surface area contributed by atoms with Crippen LogP contribution in [-0.4, -0.2) is 7.05 Å². The number of rotatable bonds is 4. The molecule has 0 amide bonds. The second kappa shape index (κ2) is 4.87. The summed E-state index contributed by atoms with van der Waals surface area (Å²) in [5, 5.41) is 5.68. The smallest absolute Gasteiger partial charge is 0.0421 e. The number of aryl methyl sites for hydroxylation is 1. The van der Waals surface area contributed by atoms with Gasteiger partial charge in [0, 0.05) is 10.9 Å². The molecule has 2 heteroatoms. The predicted octanol–water partition coefficient (Wildman–Crippen LogP) is 4.05. The number of hydrogen-bond donors (Lipinski definition) is 1. The third-order valence-electron chi connectivity index (χ3n) is 4.05. The molecule has 0 radical (unpaired) electrons. The van der Waals surface area contributed by atoms with Crippen LogP contribution in [0.25, 0.3) is 0 Å². The molecular formula is C16H19NS. The van der Waals surface area contributed by atoms with Crippen molar-refractivity contribution in [3.63, 3.8) is 0 Å². The van der Waals surface area contributed by atoms with Crippen molar-refractivity contribution in [3.8, 4) is 0 Å². The van der Waals surface area contributed by atoms with E-state index in [0.717, 1.165) is 5.92 Å². The first-order chi connectivity index (χ1) is 8.79. The molecule has 18 heavy (non-hydrogen) atoms. The Bertz CT molecular complexity index is 544. The fraction of sp³-hybridized carbons (Fsp3) is 0.375. The first-order valence-electron chi connectivity index (χ1n) is 6.58. The predicted molar refractivity (Wildman–Crippen MR) is 78.4 cm³/mol. The van der Waals surface area contributed by atoms with Crippen LogP contribution in [-0.2, 0) is 6.42 Å². The van der Waals surface area contributed by atoms with Crippen LogP contribution in [0.1, 0.15) is 39.9 Å². The lowest BCUT2D eigenvalue weighted by molar-refractivity contribution is 0.456. The molecule has 1 nitrogen and oxygen atoms in total. The first-order valence-corrected chi connectivity index (χ1v) is 7.46. The number of nitrogens with one attached hydrogen (secondary N) is 1. The first kappa shape index (κ1) is 11.9. The van der Waals surface area contributed by atoms with Gasteiger partial charge < -0.3 is 5.32 Å². The molecule has 1 aliphatic rings. The van der Waals surface area contributed by atoms with Gasteiger partial charge in [0.25, 0.3) is 0 Å². The Morgan fingerprint density at radius 2 is 2.17 bits per heavy atom. The van der Waals surface area contributed by atoms with Crippen LogP contribution in [0.5, 0.6) is 0 Å². The minimum absolute atomic E-state index is 0.503. The maximum Gasteiger partial charge on any atom is 0.0421 e. The molecule has 0 saturated heterocycles. The van der Waals surface area contributed by atoms with Crippen molar-refractivity contribution >= 4 is 11.3 Å². The van der Waals surface area contributed by atoms with Gasteiger partial charge in [-0.15, -0.1) is 11.3 Å². The van der Waals surface area contributed by atoms with Gasteiger partial charge in [0.05, 0.1) is 0 Å². The summed E-state index contributed by atoms with van der Waals surface area (Å²) in [7, 11) is 2.08. The van der Waals surface area contributed by atoms with Crippen molar-refractivity contribution in [2.75, 3.05) is 7.05 Å². The molecule has 1 N–H and O–H groups in total. The molecule has 1 aliphatic carbocycles. The lowest BCUT2D eigenvalue weighted by atomic mass is 9.74. The van der Waals surface area contributed by atoms with Crippen LogP contribution >= 0.6 is 11.3 Å². The lowest BCUT2D eigenvalue weighted by Gasteiger charge is -2.33. The van der Waals surface area contributed by atoms with Crippen molar-refractivity contribution in [1.29, 1.82) is 0 Å². The Kier molecular flexibility index (Phi) is 3.23. The molecule has 2 atom stereocenters. The van der Waals surface area contributed by atoms with Crippen molar-refractivity contribution in [1.82, 2.24) is 5.32 Å². The summed E-state index contributed by atoms with van der Waals surface area (Å²) in [4.78, 5) is 1.50. The van der Waals surface area contributed by atoms with E-state index in [2.05, 4.69) is 55.0 Å². The minimum atomic E-state index is 0.503. The summed E-state index contributed by atoms with van der Waals surface area (Å²) in [5.41, 5.74) is 4.53. The van der Waals surface area contributed by atoms with Crippen molar-refractivity contribution in [2.24, 2.45) is 0 Å². The lowest BCUT2D eigenvalue weighted by Crippen LogP contribution is -2.24. The van der Waals surface area contributed by atoms with Gasteiger partial charge >= 0.3 is 0 Å². The highest BCUT2D eigenvalue weighted by Gasteiger charge is 2.28. The Morgan fingerprint density at radius 1 is 1.33 bits per heavy atom. The molecule has 2 unspecified atom stereocenters. The van der Waals surface area contributed by atoms with Crippen LogP contribution in [0.2, 0.25) is 0 Å². The Morgan fingerprint density at radius 3 is 2.83 bits per heavy atom. The van der Waals surface area contributed by atoms with E-state index in [9.17, 15) is 0 Å². The quantitative estimate of drug-likeness (QED) is 0.871. The maximum absolute atomic E-state index is 3.49. The van der Waals surface area contributed by atoms with Gasteiger partial charge in [-0.25, -0.2) is 0 Å². The normalized spacial score (nSPS) is 19.1. The number of thiophene rings is 1. The van der Waals surface area contributed by atoms with E-state index >= 15 is 0 Å². The third-order valence-corrected chi connectivity index (χ3v) is 5.18. The fourth-order valence-corrected chi connectivity index (χ4v) is 4.01. The average molecular weight is 257 g/mol. The van der Waals surface area contributed by atoms with Crippen LogP contribution in [0, 0.1) is 6.92 Å². The standard InChI is InChI=1S/C16H19NS/c1-11-7-8-18-16(11)15(17-2)10-13-9-12-5-3-4-6-14(12)13/h3-8,13,15,17H,9-10H2,1-2H3. The molecule has 1 aromatic heterocycles. The highest BCUT2D eigenvalue weighted by atomic mass is 32.1. The summed E-state index contributed by atoms with van der Waals surface area (Å²) in [6.45, 7) is 2.21. The molecule has 1 aromatic carbocycles. The van der Waals surface area contributed by atoms with Gasteiger partial charge in [-0.05, 0) is 60.9 Å². The highest BCUT2D eigenvalue weighted by molar-refractivity contribution is 7.10. The zero-order valence-electron chi connectivity index (χ0n) is 10.9. The Hall–Kier alpha value is -1.12. The van der Waals surface area contributed by atoms with Gasteiger partial charge in [-0.1, -0.05) is 24.3 Å². The highest BCUT2D eigenvalue weighted by Crippen LogP contribution is 2.41. The summed E-state index contributed by atoms with van der Waals surface area (Å²) in [5.74, 6) is 0.736. The monoisotopic (exact) mass is 257 g/mol. The van der Waals surface area contributed by atoms with Crippen molar-refractivity contribution in [3.05, 3.63) is 57.3 Å². The van der Waals surface area contributed by atoms with Crippen LogP contribution < -0.4 is 5.32 Å². The summed E-state index contributed by atoms with van der Waals surface area (Å²) < 4.78 is 0. The maximum atomic E-state index is 3.49. The molecule has 1 heterocycles. The zero-order chi connectivity index (χ0) is 12.5. The van der Waals surface area contributed by atoms with Gasteiger partial charge in [-0.2, -0.15) is 0 Å². The SMILES string of the molecule is CNC(CC1Cc2ccccc21)c1sccc1C. The topological polar surface area (TPSA) is 12.0 Å². The Labute approximate surface area is 113 Å². The van der Waals surface area contributed by atoms with E-state index in [1.54, 1.807) is 11.1 Å². The van der Waals surface area contributed by atoms with Crippen LogP contribution in [0.3, 0.4) is 0 Å². The van der Waals surface area contributed by atoms with E-state index < -0.39 is 0 Å². The number of benzene rings is 1. The van der Waals surface area contributed by atoms with E-state index in [4.69, 9.17) is 0 Å². The summed E-state index contributed by atoms with van der Waals surface area (Å²) >= 11 is 1.88. The largest absolute Gasteiger partial charge is 0.312 e. The van der Waals surface area contributed by atoms with E-state index in [-0.39, 0.29) is 0 Å².